The van der Waals surface area contributed by atoms with Crippen molar-refractivity contribution < 1.29 is 14.6 Å². The molecule has 0 atom stereocenters. The van der Waals surface area contributed by atoms with Crippen LogP contribution in [0.25, 0.3) is 22.4 Å². The number of aromatic nitrogens is 2. The molecule has 2 aromatic carbocycles. The molecule has 0 amide bonds. The van der Waals surface area contributed by atoms with Gasteiger partial charge in [-0.25, -0.2) is 4.98 Å². The molecule has 3 aromatic rings. The van der Waals surface area contributed by atoms with E-state index in [4.69, 9.17) is 9.47 Å². The highest BCUT2D eigenvalue weighted by atomic mass is 16.5. The molecule has 0 unspecified atom stereocenters. The maximum Gasteiger partial charge on any atom is 0.146 e. The van der Waals surface area contributed by atoms with Crippen molar-refractivity contribution in [3.8, 4) is 28.6 Å². The fourth-order valence-electron chi connectivity index (χ4n) is 2.20. The first-order chi connectivity index (χ1) is 9.72. The van der Waals surface area contributed by atoms with Gasteiger partial charge in [0.1, 0.15) is 28.6 Å². The van der Waals surface area contributed by atoms with Crippen LogP contribution in [0.1, 0.15) is 0 Å². The Morgan fingerprint density at radius 2 is 1.75 bits per heavy atom. The van der Waals surface area contributed by atoms with Crippen molar-refractivity contribution in [2.45, 2.75) is 0 Å². The van der Waals surface area contributed by atoms with Crippen LogP contribution >= 0.6 is 0 Å². The largest absolute Gasteiger partial charge is 0.508 e. The number of nitrogens with one attached hydrogen (secondary N) is 1. The molecule has 0 spiro atoms. The highest BCUT2D eigenvalue weighted by Gasteiger charge is 2.16. The van der Waals surface area contributed by atoms with E-state index in [0.29, 0.717) is 17.3 Å². The number of nitrogens with zero attached hydrogens (tertiary/aromatic N) is 1. The molecule has 0 saturated heterocycles. The van der Waals surface area contributed by atoms with Crippen molar-refractivity contribution >= 4 is 11.0 Å². The van der Waals surface area contributed by atoms with E-state index in [1.807, 2.05) is 18.2 Å². The van der Waals surface area contributed by atoms with E-state index in [-0.39, 0.29) is 5.75 Å². The zero-order valence-corrected chi connectivity index (χ0v) is 11.2. The van der Waals surface area contributed by atoms with Gasteiger partial charge in [-0.3, -0.25) is 0 Å². The maximum absolute atomic E-state index is 9.51. The molecule has 0 fully saturated rings. The van der Waals surface area contributed by atoms with Gasteiger partial charge in [0.05, 0.1) is 25.3 Å². The molecule has 1 aromatic heterocycles. The number of aromatic amines is 1. The molecular weight excluding hydrogens is 256 g/mol. The fraction of sp³-hybridized carbons (Fsp3) is 0.133. The second kappa shape index (κ2) is 4.77. The standard InChI is InChI=1S/C15H14N2O3/c1-19-12-4-3-5-13(20-2)14(12)15-16-10-7-6-9(18)8-11(10)17-15/h3-8,18H,1-2H3,(H,16,17). The number of ether oxygens (including phenoxy) is 2. The molecule has 5 nitrogen and oxygen atoms in total. The van der Waals surface area contributed by atoms with E-state index in [0.717, 1.165) is 16.6 Å². The van der Waals surface area contributed by atoms with Gasteiger partial charge in [-0.05, 0) is 24.3 Å². The van der Waals surface area contributed by atoms with Crippen LogP contribution < -0.4 is 9.47 Å². The summed E-state index contributed by atoms with van der Waals surface area (Å²) in [5.74, 6) is 2.18. The molecule has 0 aliphatic heterocycles. The predicted octanol–water partition coefficient (Wildman–Crippen LogP) is 2.95. The molecule has 0 saturated carbocycles. The summed E-state index contributed by atoms with van der Waals surface area (Å²) in [5.41, 5.74) is 2.28. The van der Waals surface area contributed by atoms with E-state index in [1.54, 1.807) is 32.4 Å². The number of aromatic hydroxyl groups is 1. The van der Waals surface area contributed by atoms with E-state index in [1.165, 1.54) is 0 Å². The number of imidazole rings is 1. The second-order valence-electron chi connectivity index (χ2n) is 4.32. The van der Waals surface area contributed by atoms with Crippen LogP contribution in [0.4, 0.5) is 0 Å². The van der Waals surface area contributed by atoms with Gasteiger partial charge in [-0.1, -0.05) is 6.07 Å². The molecule has 20 heavy (non-hydrogen) atoms. The van der Waals surface area contributed by atoms with Gasteiger partial charge >= 0.3 is 0 Å². The van der Waals surface area contributed by atoms with Gasteiger partial charge in [0.15, 0.2) is 0 Å². The Balaban J connectivity index is 2.24. The third-order valence-electron chi connectivity index (χ3n) is 3.13. The second-order valence-corrected chi connectivity index (χ2v) is 4.32. The number of benzene rings is 2. The molecular formula is C15H14N2O3. The Hall–Kier alpha value is -2.69. The smallest absolute Gasteiger partial charge is 0.146 e. The molecule has 2 N–H and O–H groups in total. The van der Waals surface area contributed by atoms with Gasteiger partial charge in [-0.2, -0.15) is 0 Å². The third kappa shape index (κ3) is 1.93. The maximum atomic E-state index is 9.51. The van der Waals surface area contributed by atoms with Gasteiger partial charge < -0.3 is 19.6 Å². The highest BCUT2D eigenvalue weighted by molar-refractivity contribution is 5.83. The highest BCUT2D eigenvalue weighted by Crippen LogP contribution is 2.37. The number of methoxy groups -OCH3 is 2. The van der Waals surface area contributed by atoms with Gasteiger partial charge in [0.2, 0.25) is 0 Å². The Bertz CT molecular complexity index is 743. The summed E-state index contributed by atoms with van der Waals surface area (Å²) in [7, 11) is 3.21. The first-order valence-corrected chi connectivity index (χ1v) is 6.13. The first-order valence-electron chi connectivity index (χ1n) is 6.13. The Kier molecular flexibility index (Phi) is 2.95. The number of phenols is 1. The number of fused-ring (bicyclic) bond motifs is 1. The van der Waals surface area contributed by atoms with Crippen molar-refractivity contribution in [3.63, 3.8) is 0 Å². The zero-order chi connectivity index (χ0) is 14.1. The normalized spacial score (nSPS) is 10.7. The summed E-state index contributed by atoms with van der Waals surface area (Å²) in [5, 5.41) is 9.51. The minimum absolute atomic E-state index is 0.194. The number of H-pyrrole nitrogens is 1. The number of hydrogen-bond acceptors (Lipinski definition) is 4. The molecule has 102 valence electrons. The van der Waals surface area contributed by atoms with Crippen LogP contribution in [-0.2, 0) is 0 Å². The minimum Gasteiger partial charge on any atom is -0.508 e. The predicted molar refractivity (Wildman–Crippen MR) is 76.3 cm³/mol. The van der Waals surface area contributed by atoms with E-state index in [9.17, 15) is 5.11 Å². The van der Waals surface area contributed by atoms with Gasteiger partial charge in [-0.15, -0.1) is 0 Å². The Morgan fingerprint density at radius 3 is 2.40 bits per heavy atom. The average molecular weight is 270 g/mol. The third-order valence-corrected chi connectivity index (χ3v) is 3.13. The Labute approximate surface area is 115 Å². The molecule has 1 heterocycles. The SMILES string of the molecule is COc1cccc(OC)c1-c1nc2ccc(O)cc2[nH]1. The molecule has 0 aliphatic rings. The summed E-state index contributed by atoms with van der Waals surface area (Å²) in [6, 6.07) is 10.5. The number of hydrogen-bond donors (Lipinski definition) is 2. The van der Waals surface area contributed by atoms with Crippen LogP contribution in [0.5, 0.6) is 17.2 Å². The molecule has 0 aliphatic carbocycles. The number of rotatable bonds is 3. The molecule has 3 rings (SSSR count). The monoisotopic (exact) mass is 270 g/mol. The van der Waals surface area contributed by atoms with E-state index < -0.39 is 0 Å². The minimum atomic E-state index is 0.194. The van der Waals surface area contributed by atoms with Gasteiger partial charge in [0.25, 0.3) is 0 Å². The molecule has 5 heteroatoms. The van der Waals surface area contributed by atoms with Crippen LogP contribution in [0.15, 0.2) is 36.4 Å². The van der Waals surface area contributed by atoms with Crippen molar-refractivity contribution in [1.82, 2.24) is 9.97 Å². The molecule has 0 radical (unpaired) electrons. The van der Waals surface area contributed by atoms with Crippen LogP contribution in [-0.4, -0.2) is 29.3 Å². The lowest BCUT2D eigenvalue weighted by Gasteiger charge is -2.10. The van der Waals surface area contributed by atoms with Crippen molar-refractivity contribution in [1.29, 1.82) is 0 Å². The Morgan fingerprint density at radius 1 is 1.05 bits per heavy atom. The number of phenolic OH excluding ortho intramolecular Hbond substituents is 1. The average Bonchev–Trinajstić information content (AvgIpc) is 2.88. The summed E-state index contributed by atoms with van der Waals surface area (Å²) in [4.78, 5) is 7.69. The van der Waals surface area contributed by atoms with Crippen LogP contribution in [0.3, 0.4) is 0 Å². The first kappa shape index (κ1) is 12.3. The van der Waals surface area contributed by atoms with Crippen LogP contribution in [0, 0.1) is 0 Å². The van der Waals surface area contributed by atoms with Crippen molar-refractivity contribution in [2.24, 2.45) is 0 Å². The quantitative estimate of drug-likeness (QED) is 0.767. The molecule has 0 bridgehead atoms. The topological polar surface area (TPSA) is 67.4 Å². The summed E-state index contributed by atoms with van der Waals surface area (Å²) in [6.45, 7) is 0. The van der Waals surface area contributed by atoms with Crippen molar-refractivity contribution in [2.75, 3.05) is 14.2 Å². The van der Waals surface area contributed by atoms with Crippen molar-refractivity contribution in [3.05, 3.63) is 36.4 Å². The summed E-state index contributed by atoms with van der Waals surface area (Å²) < 4.78 is 10.7. The summed E-state index contributed by atoms with van der Waals surface area (Å²) >= 11 is 0. The summed E-state index contributed by atoms with van der Waals surface area (Å²) in [6.07, 6.45) is 0. The van der Waals surface area contributed by atoms with Crippen LogP contribution in [0.2, 0.25) is 0 Å². The zero-order valence-electron chi connectivity index (χ0n) is 11.2. The lowest BCUT2D eigenvalue weighted by molar-refractivity contribution is 0.397. The van der Waals surface area contributed by atoms with E-state index >= 15 is 0 Å². The van der Waals surface area contributed by atoms with Gasteiger partial charge in [0, 0.05) is 6.07 Å². The van der Waals surface area contributed by atoms with E-state index in [2.05, 4.69) is 9.97 Å². The lowest BCUT2D eigenvalue weighted by Crippen LogP contribution is -1.93. The lowest BCUT2D eigenvalue weighted by atomic mass is 10.1. The fourth-order valence-corrected chi connectivity index (χ4v) is 2.20.